The Balaban J connectivity index is 3.20. The van der Waals surface area contributed by atoms with Gasteiger partial charge in [0.1, 0.15) is 0 Å². The zero-order valence-electron chi connectivity index (χ0n) is 9.09. The molecule has 1 N–H and O–H groups in total. The van der Waals surface area contributed by atoms with Gasteiger partial charge in [-0.3, -0.25) is 0 Å². The average molecular weight is 192 g/mol. The van der Waals surface area contributed by atoms with Crippen LogP contribution >= 0.6 is 0 Å². The van der Waals surface area contributed by atoms with Crippen LogP contribution in [0.15, 0.2) is 18.2 Å². The molecule has 14 heavy (non-hydrogen) atoms. The summed E-state index contributed by atoms with van der Waals surface area (Å²) in [6, 6.07) is 5.51. The van der Waals surface area contributed by atoms with Crippen LogP contribution in [-0.2, 0) is 5.41 Å². The van der Waals surface area contributed by atoms with Crippen LogP contribution in [0.2, 0.25) is 0 Å². The van der Waals surface area contributed by atoms with Crippen molar-refractivity contribution in [2.45, 2.75) is 33.1 Å². The molecule has 0 heterocycles. The lowest BCUT2D eigenvalue weighted by molar-refractivity contribution is 0.0696. The van der Waals surface area contributed by atoms with Crippen molar-refractivity contribution in [2.75, 3.05) is 0 Å². The predicted octanol–water partition coefficient (Wildman–Crippen LogP) is 2.99. The van der Waals surface area contributed by atoms with E-state index in [1.165, 1.54) is 5.56 Å². The second-order valence-corrected chi connectivity index (χ2v) is 4.58. The Morgan fingerprint density at radius 1 is 1.29 bits per heavy atom. The van der Waals surface area contributed by atoms with Crippen LogP contribution in [0.3, 0.4) is 0 Å². The molecule has 0 aromatic heterocycles. The first-order valence-corrected chi connectivity index (χ1v) is 4.67. The molecular formula is C12H16O2. The molecule has 0 bridgehead atoms. The van der Waals surface area contributed by atoms with Gasteiger partial charge in [0.05, 0.1) is 5.56 Å². The van der Waals surface area contributed by atoms with Crippen molar-refractivity contribution in [3.63, 3.8) is 0 Å². The molecule has 0 aliphatic carbocycles. The topological polar surface area (TPSA) is 37.3 Å². The highest BCUT2D eigenvalue weighted by molar-refractivity contribution is 5.89. The van der Waals surface area contributed by atoms with Gasteiger partial charge in [-0.15, -0.1) is 0 Å². The minimum Gasteiger partial charge on any atom is -0.478 e. The van der Waals surface area contributed by atoms with Gasteiger partial charge in [-0.2, -0.15) is 0 Å². The number of carbonyl (C=O) groups is 1. The molecule has 0 amide bonds. The van der Waals surface area contributed by atoms with E-state index in [1.807, 2.05) is 19.1 Å². The van der Waals surface area contributed by atoms with Crippen molar-refractivity contribution < 1.29 is 9.90 Å². The summed E-state index contributed by atoms with van der Waals surface area (Å²) in [5, 5.41) is 8.86. The van der Waals surface area contributed by atoms with Crippen LogP contribution in [0, 0.1) is 6.92 Å². The number of hydrogen-bond acceptors (Lipinski definition) is 1. The van der Waals surface area contributed by atoms with Crippen LogP contribution in [0.4, 0.5) is 0 Å². The van der Waals surface area contributed by atoms with E-state index in [-0.39, 0.29) is 5.41 Å². The third-order valence-corrected chi connectivity index (χ3v) is 2.32. The maximum atomic E-state index is 10.8. The Labute approximate surface area is 84.6 Å². The fourth-order valence-electron chi connectivity index (χ4n) is 1.37. The number of carboxylic acids is 1. The van der Waals surface area contributed by atoms with E-state index >= 15 is 0 Å². The van der Waals surface area contributed by atoms with E-state index in [0.717, 1.165) is 5.56 Å². The van der Waals surface area contributed by atoms with Crippen LogP contribution in [0.25, 0.3) is 0 Å². The molecule has 0 spiro atoms. The molecule has 0 atom stereocenters. The third kappa shape index (κ3) is 2.13. The standard InChI is InChI=1S/C12H16O2/c1-8-7-9(12(2,3)4)5-6-10(8)11(13)14/h5-7H,1-4H3,(H,13,14). The van der Waals surface area contributed by atoms with Gasteiger partial charge >= 0.3 is 5.97 Å². The maximum Gasteiger partial charge on any atom is 0.335 e. The minimum atomic E-state index is -0.858. The fourth-order valence-corrected chi connectivity index (χ4v) is 1.37. The SMILES string of the molecule is Cc1cc(C(C)(C)C)ccc1C(=O)O. The highest BCUT2D eigenvalue weighted by atomic mass is 16.4. The van der Waals surface area contributed by atoms with E-state index in [4.69, 9.17) is 5.11 Å². The first-order valence-electron chi connectivity index (χ1n) is 4.67. The molecule has 0 aliphatic heterocycles. The molecule has 0 saturated heterocycles. The third-order valence-electron chi connectivity index (χ3n) is 2.32. The summed E-state index contributed by atoms with van der Waals surface area (Å²) in [5.41, 5.74) is 2.45. The van der Waals surface area contributed by atoms with Gasteiger partial charge in [0.2, 0.25) is 0 Å². The second kappa shape index (κ2) is 3.45. The largest absolute Gasteiger partial charge is 0.478 e. The predicted molar refractivity (Wildman–Crippen MR) is 56.8 cm³/mol. The van der Waals surface area contributed by atoms with Gasteiger partial charge in [-0.05, 0) is 29.5 Å². The van der Waals surface area contributed by atoms with E-state index < -0.39 is 5.97 Å². The van der Waals surface area contributed by atoms with Gasteiger partial charge in [0.15, 0.2) is 0 Å². The molecule has 76 valence electrons. The maximum absolute atomic E-state index is 10.8. The first-order chi connectivity index (χ1) is 6.32. The van der Waals surface area contributed by atoms with Gasteiger partial charge in [0, 0.05) is 0 Å². The van der Waals surface area contributed by atoms with Crippen molar-refractivity contribution in [3.8, 4) is 0 Å². The van der Waals surface area contributed by atoms with E-state index in [0.29, 0.717) is 5.56 Å². The Kier molecular flexibility index (Phi) is 2.65. The van der Waals surface area contributed by atoms with Crippen LogP contribution in [0.1, 0.15) is 42.3 Å². The molecule has 0 unspecified atom stereocenters. The molecular weight excluding hydrogens is 176 g/mol. The number of rotatable bonds is 1. The van der Waals surface area contributed by atoms with Gasteiger partial charge in [0.25, 0.3) is 0 Å². The summed E-state index contributed by atoms with van der Waals surface area (Å²) in [6.45, 7) is 8.17. The van der Waals surface area contributed by atoms with Crippen molar-refractivity contribution in [3.05, 3.63) is 34.9 Å². The van der Waals surface area contributed by atoms with Gasteiger partial charge < -0.3 is 5.11 Å². The van der Waals surface area contributed by atoms with Crippen molar-refractivity contribution >= 4 is 5.97 Å². The lowest BCUT2D eigenvalue weighted by Gasteiger charge is -2.19. The summed E-state index contributed by atoms with van der Waals surface area (Å²) in [6.07, 6.45) is 0. The number of carboxylic acid groups (broad SMARTS) is 1. The van der Waals surface area contributed by atoms with Crippen LogP contribution in [-0.4, -0.2) is 11.1 Å². The molecule has 1 aromatic rings. The second-order valence-electron chi connectivity index (χ2n) is 4.58. The summed E-state index contributed by atoms with van der Waals surface area (Å²) < 4.78 is 0. The Morgan fingerprint density at radius 3 is 2.21 bits per heavy atom. The molecule has 2 heteroatoms. The van der Waals surface area contributed by atoms with E-state index in [9.17, 15) is 4.79 Å². The van der Waals surface area contributed by atoms with Crippen LogP contribution < -0.4 is 0 Å². The lowest BCUT2D eigenvalue weighted by atomic mass is 9.85. The Hall–Kier alpha value is -1.31. The molecule has 1 aromatic carbocycles. The van der Waals surface area contributed by atoms with Gasteiger partial charge in [-0.1, -0.05) is 32.9 Å². The van der Waals surface area contributed by atoms with Gasteiger partial charge in [-0.25, -0.2) is 4.79 Å². The highest BCUT2D eigenvalue weighted by Crippen LogP contribution is 2.24. The molecule has 0 fully saturated rings. The number of aryl methyl sites for hydroxylation is 1. The summed E-state index contributed by atoms with van der Waals surface area (Å²) in [5.74, 6) is -0.858. The van der Waals surface area contributed by atoms with E-state index in [1.54, 1.807) is 6.07 Å². The first kappa shape index (κ1) is 10.8. The zero-order chi connectivity index (χ0) is 10.9. The van der Waals surface area contributed by atoms with Crippen molar-refractivity contribution in [1.82, 2.24) is 0 Å². The number of hydrogen-bond donors (Lipinski definition) is 1. The Morgan fingerprint density at radius 2 is 1.86 bits per heavy atom. The van der Waals surface area contributed by atoms with E-state index in [2.05, 4.69) is 20.8 Å². The Bertz CT molecular complexity index is 359. The zero-order valence-corrected chi connectivity index (χ0v) is 9.09. The number of aromatic carboxylic acids is 1. The summed E-state index contributed by atoms with van der Waals surface area (Å²) in [4.78, 5) is 10.8. The smallest absolute Gasteiger partial charge is 0.335 e. The molecule has 2 nitrogen and oxygen atoms in total. The lowest BCUT2D eigenvalue weighted by Crippen LogP contribution is -2.12. The normalized spacial score (nSPS) is 11.4. The fraction of sp³-hybridized carbons (Fsp3) is 0.417. The number of benzene rings is 1. The summed E-state index contributed by atoms with van der Waals surface area (Å²) in [7, 11) is 0. The molecule has 1 rings (SSSR count). The molecule has 0 radical (unpaired) electrons. The monoisotopic (exact) mass is 192 g/mol. The summed E-state index contributed by atoms with van der Waals surface area (Å²) >= 11 is 0. The van der Waals surface area contributed by atoms with Crippen molar-refractivity contribution in [2.24, 2.45) is 0 Å². The van der Waals surface area contributed by atoms with Crippen molar-refractivity contribution in [1.29, 1.82) is 0 Å². The average Bonchev–Trinajstić information content (AvgIpc) is 2.01. The van der Waals surface area contributed by atoms with Crippen LogP contribution in [0.5, 0.6) is 0 Å². The molecule has 0 aliphatic rings. The highest BCUT2D eigenvalue weighted by Gasteiger charge is 2.15. The molecule has 0 saturated carbocycles. The quantitative estimate of drug-likeness (QED) is 0.742. The minimum absolute atomic E-state index is 0.0712.